The Balaban J connectivity index is 2.04. The zero-order valence-electron chi connectivity index (χ0n) is 8.90. The van der Waals surface area contributed by atoms with Crippen LogP contribution in [0.1, 0.15) is 18.7 Å². The number of aryl methyl sites for hydroxylation is 1. The van der Waals surface area contributed by atoms with E-state index < -0.39 is 0 Å². The molecule has 0 unspecified atom stereocenters. The van der Waals surface area contributed by atoms with Crippen LogP contribution in [0.15, 0.2) is 6.07 Å². The third kappa shape index (κ3) is 2.36. The van der Waals surface area contributed by atoms with Gasteiger partial charge in [0, 0.05) is 12.1 Å². The van der Waals surface area contributed by atoms with E-state index >= 15 is 0 Å². The summed E-state index contributed by atoms with van der Waals surface area (Å²) in [4.78, 5) is 8.34. The molecule has 0 saturated heterocycles. The molecule has 1 fully saturated rings. The predicted octanol–water partition coefficient (Wildman–Crippen LogP) is 0.729. The van der Waals surface area contributed by atoms with Gasteiger partial charge in [0.2, 0.25) is 5.88 Å². The smallest absolute Gasteiger partial charge is 0.218 e. The number of anilines is 1. The van der Waals surface area contributed by atoms with E-state index in [1.54, 1.807) is 13.2 Å². The Kier molecular flexibility index (Phi) is 2.73. The third-order valence-electron chi connectivity index (χ3n) is 2.49. The molecule has 1 aliphatic rings. The fraction of sp³-hybridized carbons (Fsp3) is 0.600. The first-order valence-corrected chi connectivity index (χ1v) is 5.01. The number of nitrogens with zero attached hydrogens (tertiary/aromatic N) is 2. The fourth-order valence-corrected chi connectivity index (χ4v) is 1.63. The second-order valence-electron chi connectivity index (χ2n) is 3.81. The summed E-state index contributed by atoms with van der Waals surface area (Å²) in [7, 11) is 1.58. The molecule has 0 spiro atoms. The molecular weight excluding hydrogens is 194 g/mol. The van der Waals surface area contributed by atoms with Crippen LogP contribution in [0.25, 0.3) is 0 Å². The predicted molar refractivity (Wildman–Crippen MR) is 56.0 cm³/mol. The molecule has 15 heavy (non-hydrogen) atoms. The van der Waals surface area contributed by atoms with E-state index in [0.29, 0.717) is 17.7 Å². The highest BCUT2D eigenvalue weighted by atomic mass is 16.5. The lowest BCUT2D eigenvalue weighted by Gasteiger charge is -2.32. The topological polar surface area (TPSA) is 67.3 Å². The lowest BCUT2D eigenvalue weighted by Crippen LogP contribution is -2.39. The van der Waals surface area contributed by atoms with Crippen LogP contribution in [0.2, 0.25) is 0 Å². The van der Waals surface area contributed by atoms with Crippen LogP contribution in [0.4, 0.5) is 5.82 Å². The van der Waals surface area contributed by atoms with Crippen molar-refractivity contribution in [3.8, 4) is 5.88 Å². The van der Waals surface area contributed by atoms with E-state index in [-0.39, 0.29) is 6.10 Å². The van der Waals surface area contributed by atoms with E-state index in [2.05, 4.69) is 15.3 Å². The Morgan fingerprint density at radius 1 is 1.47 bits per heavy atom. The van der Waals surface area contributed by atoms with Crippen molar-refractivity contribution in [1.82, 2.24) is 9.97 Å². The summed E-state index contributed by atoms with van der Waals surface area (Å²) in [5.74, 6) is 2.00. The normalized spacial score (nSPS) is 24.5. The Labute approximate surface area is 88.5 Å². The molecule has 0 amide bonds. The number of aliphatic hydroxyl groups is 1. The molecule has 82 valence electrons. The molecule has 1 aromatic heterocycles. The Bertz CT molecular complexity index is 351. The molecule has 1 aromatic rings. The Morgan fingerprint density at radius 3 is 2.80 bits per heavy atom. The van der Waals surface area contributed by atoms with Crippen LogP contribution in [0.5, 0.6) is 5.88 Å². The largest absolute Gasteiger partial charge is 0.481 e. The number of nitrogens with one attached hydrogen (secondary N) is 1. The SMILES string of the molecule is COc1cc(NC2CC(O)C2)nc(C)n1. The van der Waals surface area contributed by atoms with Crippen LogP contribution < -0.4 is 10.1 Å². The Morgan fingerprint density at radius 2 is 2.20 bits per heavy atom. The van der Waals surface area contributed by atoms with E-state index in [9.17, 15) is 0 Å². The van der Waals surface area contributed by atoms with Gasteiger partial charge < -0.3 is 15.2 Å². The molecule has 2 N–H and O–H groups in total. The molecule has 0 aliphatic heterocycles. The summed E-state index contributed by atoms with van der Waals surface area (Å²) in [6.07, 6.45) is 1.41. The van der Waals surface area contributed by atoms with Crippen molar-refractivity contribution in [1.29, 1.82) is 0 Å². The van der Waals surface area contributed by atoms with Crippen molar-refractivity contribution in [3.63, 3.8) is 0 Å². The number of ether oxygens (including phenoxy) is 1. The maximum absolute atomic E-state index is 9.15. The highest BCUT2D eigenvalue weighted by molar-refractivity contribution is 5.40. The first-order chi connectivity index (χ1) is 7.17. The fourth-order valence-electron chi connectivity index (χ4n) is 1.63. The monoisotopic (exact) mass is 209 g/mol. The summed E-state index contributed by atoms with van der Waals surface area (Å²) in [5.41, 5.74) is 0. The minimum Gasteiger partial charge on any atom is -0.481 e. The van der Waals surface area contributed by atoms with Crippen LogP contribution in [-0.2, 0) is 0 Å². The first-order valence-electron chi connectivity index (χ1n) is 5.01. The zero-order chi connectivity index (χ0) is 10.8. The van der Waals surface area contributed by atoms with Crippen LogP contribution in [-0.4, -0.2) is 34.3 Å². The molecule has 0 radical (unpaired) electrons. The average molecular weight is 209 g/mol. The van der Waals surface area contributed by atoms with E-state index in [1.165, 1.54) is 0 Å². The van der Waals surface area contributed by atoms with Gasteiger partial charge in [0.25, 0.3) is 0 Å². The van der Waals surface area contributed by atoms with Crippen molar-refractivity contribution >= 4 is 5.82 Å². The molecule has 0 bridgehead atoms. The Hall–Kier alpha value is -1.36. The number of aliphatic hydroxyl groups excluding tert-OH is 1. The standard InChI is InChI=1S/C10H15N3O2/c1-6-11-9(5-10(12-6)15-2)13-7-3-8(14)4-7/h5,7-8,14H,3-4H2,1-2H3,(H,11,12,13). The van der Waals surface area contributed by atoms with Crippen molar-refractivity contribution in [2.75, 3.05) is 12.4 Å². The van der Waals surface area contributed by atoms with Gasteiger partial charge in [-0.1, -0.05) is 0 Å². The summed E-state index contributed by atoms with van der Waals surface area (Å²) < 4.78 is 5.05. The molecule has 0 aromatic carbocycles. The number of aromatic nitrogens is 2. The quantitative estimate of drug-likeness (QED) is 0.768. The zero-order valence-corrected chi connectivity index (χ0v) is 8.90. The van der Waals surface area contributed by atoms with Gasteiger partial charge in [-0.05, 0) is 19.8 Å². The van der Waals surface area contributed by atoms with Gasteiger partial charge in [0.15, 0.2) is 0 Å². The van der Waals surface area contributed by atoms with E-state index in [0.717, 1.165) is 18.7 Å². The average Bonchev–Trinajstić information content (AvgIpc) is 2.14. The van der Waals surface area contributed by atoms with Gasteiger partial charge in [0.05, 0.1) is 13.2 Å². The van der Waals surface area contributed by atoms with Gasteiger partial charge in [-0.3, -0.25) is 0 Å². The molecule has 1 aliphatic carbocycles. The maximum Gasteiger partial charge on any atom is 0.218 e. The molecule has 5 nitrogen and oxygen atoms in total. The van der Waals surface area contributed by atoms with Gasteiger partial charge in [-0.2, -0.15) is 4.98 Å². The molecule has 5 heteroatoms. The number of hydrogen-bond donors (Lipinski definition) is 2. The number of rotatable bonds is 3. The molecule has 1 heterocycles. The summed E-state index contributed by atoms with van der Waals surface area (Å²) in [6.45, 7) is 1.82. The van der Waals surface area contributed by atoms with Gasteiger partial charge in [0.1, 0.15) is 11.6 Å². The van der Waals surface area contributed by atoms with Crippen LogP contribution in [0, 0.1) is 6.92 Å². The summed E-state index contributed by atoms with van der Waals surface area (Å²) in [6, 6.07) is 2.08. The van der Waals surface area contributed by atoms with Crippen molar-refractivity contribution < 1.29 is 9.84 Å². The van der Waals surface area contributed by atoms with E-state index in [4.69, 9.17) is 9.84 Å². The van der Waals surface area contributed by atoms with Crippen molar-refractivity contribution in [3.05, 3.63) is 11.9 Å². The van der Waals surface area contributed by atoms with Gasteiger partial charge in [-0.15, -0.1) is 0 Å². The third-order valence-corrected chi connectivity index (χ3v) is 2.49. The highest BCUT2D eigenvalue weighted by Crippen LogP contribution is 2.24. The lowest BCUT2D eigenvalue weighted by atomic mass is 9.89. The molecule has 1 saturated carbocycles. The summed E-state index contributed by atoms with van der Waals surface area (Å²) >= 11 is 0. The summed E-state index contributed by atoms with van der Waals surface area (Å²) in [5, 5.41) is 12.4. The van der Waals surface area contributed by atoms with Gasteiger partial charge in [-0.25, -0.2) is 4.98 Å². The van der Waals surface area contributed by atoms with Crippen LogP contribution in [0.3, 0.4) is 0 Å². The number of hydrogen-bond acceptors (Lipinski definition) is 5. The maximum atomic E-state index is 9.15. The first kappa shape index (κ1) is 10.2. The molecule has 0 atom stereocenters. The van der Waals surface area contributed by atoms with E-state index in [1.807, 2.05) is 6.92 Å². The molecular formula is C10H15N3O2. The van der Waals surface area contributed by atoms with Gasteiger partial charge >= 0.3 is 0 Å². The number of methoxy groups -OCH3 is 1. The minimum absolute atomic E-state index is 0.160. The minimum atomic E-state index is -0.160. The second-order valence-corrected chi connectivity index (χ2v) is 3.81. The van der Waals surface area contributed by atoms with Crippen LogP contribution >= 0.6 is 0 Å². The van der Waals surface area contributed by atoms with Crippen molar-refractivity contribution in [2.45, 2.75) is 31.9 Å². The van der Waals surface area contributed by atoms with Crippen molar-refractivity contribution in [2.24, 2.45) is 0 Å². The highest BCUT2D eigenvalue weighted by Gasteiger charge is 2.27. The molecule has 2 rings (SSSR count). The second kappa shape index (κ2) is 4.02. The lowest BCUT2D eigenvalue weighted by molar-refractivity contribution is 0.0835.